The van der Waals surface area contributed by atoms with Gasteiger partial charge >= 0.3 is 0 Å². The van der Waals surface area contributed by atoms with Crippen molar-refractivity contribution in [2.75, 3.05) is 23.7 Å². The van der Waals surface area contributed by atoms with Crippen LogP contribution in [-0.2, 0) is 0 Å². The average molecular weight is 246 g/mol. The van der Waals surface area contributed by atoms with Crippen LogP contribution in [-0.4, -0.2) is 22.4 Å². The van der Waals surface area contributed by atoms with Gasteiger partial charge in [-0.3, -0.25) is 4.98 Å². The van der Waals surface area contributed by atoms with E-state index < -0.39 is 0 Å². The van der Waals surface area contributed by atoms with Crippen molar-refractivity contribution in [2.45, 2.75) is 12.8 Å². The number of nitrogen functional groups attached to an aromatic ring is 1. The van der Waals surface area contributed by atoms with Crippen molar-refractivity contribution in [3.63, 3.8) is 0 Å². The van der Waals surface area contributed by atoms with Crippen LogP contribution in [0.4, 0.5) is 10.8 Å². The van der Waals surface area contributed by atoms with Gasteiger partial charge in [-0.1, -0.05) is 0 Å². The lowest BCUT2D eigenvalue weighted by molar-refractivity contribution is 0.949. The first-order chi connectivity index (χ1) is 8.36. The lowest BCUT2D eigenvalue weighted by Gasteiger charge is -2.16. The lowest BCUT2D eigenvalue weighted by atomic mass is 10.1. The summed E-state index contributed by atoms with van der Waals surface area (Å²) in [7, 11) is 0. The van der Waals surface area contributed by atoms with E-state index >= 15 is 0 Å². The van der Waals surface area contributed by atoms with Crippen molar-refractivity contribution in [3.05, 3.63) is 24.5 Å². The molecule has 0 atom stereocenters. The van der Waals surface area contributed by atoms with Gasteiger partial charge in [-0.05, 0) is 42.1 Å². The molecule has 0 bridgehead atoms. The van der Waals surface area contributed by atoms with Gasteiger partial charge in [0.25, 0.3) is 0 Å². The van der Waals surface area contributed by atoms with E-state index in [-0.39, 0.29) is 0 Å². The van der Waals surface area contributed by atoms with E-state index in [2.05, 4.69) is 14.3 Å². The molecule has 0 aromatic carbocycles. The number of hydrogen-bond acceptors (Lipinski definition) is 5. The first-order valence-electron chi connectivity index (χ1n) is 5.77. The van der Waals surface area contributed by atoms with Crippen LogP contribution in [0, 0.1) is 0 Å². The highest BCUT2D eigenvalue weighted by Crippen LogP contribution is 2.40. The summed E-state index contributed by atoms with van der Waals surface area (Å²) in [6.45, 7) is 2.22. The molecule has 3 rings (SSSR count). The van der Waals surface area contributed by atoms with Crippen LogP contribution in [0.3, 0.4) is 0 Å². The fraction of sp³-hybridized carbons (Fsp3) is 0.333. The van der Waals surface area contributed by atoms with Crippen LogP contribution < -0.4 is 10.6 Å². The SMILES string of the molecule is Nc1nsc(N2CCCC2)c1-c1ccncc1. The predicted molar refractivity (Wildman–Crippen MR) is 71.2 cm³/mol. The molecule has 0 unspecified atom stereocenters. The van der Waals surface area contributed by atoms with Crippen molar-refractivity contribution in [1.82, 2.24) is 9.36 Å². The Kier molecular flexibility index (Phi) is 2.68. The van der Waals surface area contributed by atoms with Gasteiger partial charge < -0.3 is 10.6 Å². The van der Waals surface area contributed by atoms with Crippen molar-refractivity contribution in [2.24, 2.45) is 0 Å². The van der Waals surface area contributed by atoms with E-state index in [1.807, 2.05) is 12.1 Å². The van der Waals surface area contributed by atoms with Crippen molar-refractivity contribution < 1.29 is 0 Å². The molecule has 2 aromatic rings. The van der Waals surface area contributed by atoms with E-state index in [1.54, 1.807) is 12.4 Å². The highest BCUT2D eigenvalue weighted by atomic mass is 32.1. The van der Waals surface area contributed by atoms with Crippen LogP contribution in [0.5, 0.6) is 0 Å². The Bertz CT molecular complexity index is 502. The summed E-state index contributed by atoms with van der Waals surface area (Å²) >= 11 is 1.50. The van der Waals surface area contributed by atoms with Crippen molar-refractivity contribution in [1.29, 1.82) is 0 Å². The van der Waals surface area contributed by atoms with E-state index in [0.29, 0.717) is 5.82 Å². The monoisotopic (exact) mass is 246 g/mol. The minimum atomic E-state index is 0.628. The Morgan fingerprint density at radius 2 is 1.88 bits per heavy atom. The van der Waals surface area contributed by atoms with Crippen LogP contribution in [0.1, 0.15) is 12.8 Å². The summed E-state index contributed by atoms with van der Waals surface area (Å²) in [6, 6.07) is 3.97. The first-order valence-corrected chi connectivity index (χ1v) is 6.54. The van der Waals surface area contributed by atoms with Crippen molar-refractivity contribution >= 4 is 22.4 Å². The maximum Gasteiger partial charge on any atom is 0.147 e. The second-order valence-corrected chi connectivity index (χ2v) is 4.93. The number of anilines is 2. The summed E-state index contributed by atoms with van der Waals surface area (Å²) in [4.78, 5) is 6.42. The summed E-state index contributed by atoms with van der Waals surface area (Å²) < 4.78 is 4.29. The number of rotatable bonds is 2. The maximum atomic E-state index is 5.99. The zero-order chi connectivity index (χ0) is 11.7. The molecular formula is C12H14N4S. The molecule has 0 amide bonds. The molecule has 88 valence electrons. The van der Waals surface area contributed by atoms with Crippen LogP contribution in [0.15, 0.2) is 24.5 Å². The van der Waals surface area contributed by atoms with Gasteiger partial charge in [0.2, 0.25) is 0 Å². The molecule has 0 radical (unpaired) electrons. The fourth-order valence-electron chi connectivity index (χ4n) is 2.22. The minimum absolute atomic E-state index is 0.628. The van der Waals surface area contributed by atoms with E-state index in [1.165, 1.54) is 29.4 Å². The number of pyridine rings is 1. The second kappa shape index (κ2) is 4.33. The van der Waals surface area contributed by atoms with E-state index in [0.717, 1.165) is 24.2 Å². The second-order valence-electron chi connectivity index (χ2n) is 4.18. The Balaban J connectivity index is 2.06. The van der Waals surface area contributed by atoms with Gasteiger partial charge in [-0.25, -0.2) is 0 Å². The van der Waals surface area contributed by atoms with Gasteiger partial charge in [0.15, 0.2) is 0 Å². The molecule has 1 aliphatic heterocycles. The normalized spacial score (nSPS) is 15.4. The first kappa shape index (κ1) is 10.5. The van der Waals surface area contributed by atoms with Gasteiger partial charge in [0, 0.05) is 25.5 Å². The third-order valence-electron chi connectivity index (χ3n) is 3.06. The molecule has 2 aromatic heterocycles. The van der Waals surface area contributed by atoms with Crippen LogP contribution in [0.2, 0.25) is 0 Å². The van der Waals surface area contributed by atoms with E-state index in [4.69, 9.17) is 5.73 Å². The van der Waals surface area contributed by atoms with Gasteiger partial charge in [-0.15, -0.1) is 0 Å². The number of nitrogens with zero attached hydrogens (tertiary/aromatic N) is 3. The zero-order valence-electron chi connectivity index (χ0n) is 9.47. The van der Waals surface area contributed by atoms with Crippen LogP contribution in [0.25, 0.3) is 11.1 Å². The third-order valence-corrected chi connectivity index (χ3v) is 3.99. The molecule has 1 fully saturated rings. The number of nitrogens with two attached hydrogens (primary N) is 1. The molecule has 5 heteroatoms. The van der Waals surface area contributed by atoms with Gasteiger partial charge in [0.1, 0.15) is 10.8 Å². The molecule has 0 aliphatic carbocycles. The quantitative estimate of drug-likeness (QED) is 0.884. The Morgan fingerprint density at radius 1 is 1.18 bits per heavy atom. The summed E-state index contributed by atoms with van der Waals surface area (Å²) in [5.74, 6) is 0.628. The highest BCUT2D eigenvalue weighted by molar-refractivity contribution is 7.11. The summed E-state index contributed by atoms with van der Waals surface area (Å²) in [5.41, 5.74) is 8.17. The number of hydrogen-bond donors (Lipinski definition) is 1. The molecule has 1 saturated heterocycles. The van der Waals surface area contributed by atoms with Crippen LogP contribution >= 0.6 is 11.5 Å². The van der Waals surface area contributed by atoms with Gasteiger partial charge in [-0.2, -0.15) is 4.37 Å². The lowest BCUT2D eigenvalue weighted by Crippen LogP contribution is -2.17. The molecule has 2 N–H and O–H groups in total. The Hall–Kier alpha value is -1.62. The largest absolute Gasteiger partial charge is 0.382 e. The molecule has 17 heavy (non-hydrogen) atoms. The van der Waals surface area contributed by atoms with Crippen molar-refractivity contribution in [3.8, 4) is 11.1 Å². The number of aromatic nitrogens is 2. The Labute approximate surface area is 104 Å². The molecule has 3 heterocycles. The zero-order valence-corrected chi connectivity index (χ0v) is 10.3. The topological polar surface area (TPSA) is 55.0 Å². The molecular weight excluding hydrogens is 232 g/mol. The predicted octanol–water partition coefficient (Wildman–Crippen LogP) is 2.39. The molecule has 0 saturated carbocycles. The van der Waals surface area contributed by atoms with Gasteiger partial charge in [0.05, 0.1) is 5.56 Å². The summed E-state index contributed by atoms with van der Waals surface area (Å²) in [6.07, 6.45) is 6.10. The third kappa shape index (κ3) is 1.86. The standard InChI is InChI=1S/C12H14N4S/c13-11-10(9-3-5-14-6-4-9)12(17-15-11)16-7-1-2-8-16/h3-6H,1-2,7-8H2,(H2,13,15). The average Bonchev–Trinajstić information content (AvgIpc) is 2.98. The highest BCUT2D eigenvalue weighted by Gasteiger charge is 2.21. The molecule has 0 spiro atoms. The molecule has 1 aliphatic rings. The minimum Gasteiger partial charge on any atom is -0.382 e. The Morgan fingerprint density at radius 3 is 2.59 bits per heavy atom. The smallest absolute Gasteiger partial charge is 0.147 e. The maximum absolute atomic E-state index is 5.99. The molecule has 4 nitrogen and oxygen atoms in total. The van der Waals surface area contributed by atoms with E-state index in [9.17, 15) is 0 Å². The fourth-order valence-corrected chi connectivity index (χ4v) is 3.11. The summed E-state index contributed by atoms with van der Waals surface area (Å²) in [5, 5.41) is 1.20.